The summed E-state index contributed by atoms with van der Waals surface area (Å²) in [7, 11) is 0. The van der Waals surface area contributed by atoms with Gasteiger partial charge in [-0.3, -0.25) is 9.59 Å². The number of benzene rings is 2. The lowest BCUT2D eigenvalue weighted by atomic mass is 9.88. The third-order valence-corrected chi connectivity index (χ3v) is 4.51. The fourth-order valence-corrected chi connectivity index (χ4v) is 3.11. The van der Waals surface area contributed by atoms with Crippen molar-refractivity contribution >= 4 is 23.7 Å². The minimum atomic E-state index is -5.23. The Morgan fingerprint density at radius 1 is 1.00 bits per heavy atom. The van der Waals surface area contributed by atoms with Gasteiger partial charge in [-0.1, -0.05) is 41.9 Å². The highest BCUT2D eigenvalue weighted by molar-refractivity contribution is 6.30. The minimum absolute atomic E-state index is 0.00767. The summed E-state index contributed by atoms with van der Waals surface area (Å²) in [5, 5.41) is 0.241. The summed E-state index contributed by atoms with van der Waals surface area (Å²) < 4.78 is 68.4. The topological polar surface area (TPSA) is 47.0 Å². The van der Waals surface area contributed by atoms with Gasteiger partial charge < -0.3 is 0 Å². The SMILES string of the molecule is O=Cc1c(C(F)F)nc(C(F)(F)F)c(C(=O)c2ccc(Cl)cc2)c1-c1ccccc1. The number of nitrogens with zero attached hydrogens (tertiary/aromatic N) is 1. The molecule has 0 aliphatic heterocycles. The molecule has 0 fully saturated rings. The molecule has 0 aliphatic carbocycles. The van der Waals surface area contributed by atoms with Crippen LogP contribution in [0.5, 0.6) is 0 Å². The number of hydrogen-bond acceptors (Lipinski definition) is 3. The molecule has 0 bridgehead atoms. The Kier molecular flexibility index (Phi) is 5.98. The van der Waals surface area contributed by atoms with E-state index in [4.69, 9.17) is 11.6 Å². The second-order valence-electron chi connectivity index (χ2n) is 6.13. The Hall–Kier alpha value is -3.13. The summed E-state index contributed by atoms with van der Waals surface area (Å²) >= 11 is 5.76. The first-order valence-corrected chi connectivity index (χ1v) is 8.77. The molecule has 0 saturated heterocycles. The maximum Gasteiger partial charge on any atom is 0.434 e. The van der Waals surface area contributed by atoms with Gasteiger partial charge in [0, 0.05) is 16.1 Å². The van der Waals surface area contributed by atoms with E-state index in [2.05, 4.69) is 4.98 Å². The third kappa shape index (κ3) is 4.09. The summed E-state index contributed by atoms with van der Waals surface area (Å²) in [6.45, 7) is 0. The number of carbonyl (C=O) groups excluding carboxylic acids is 2. The zero-order chi connectivity index (χ0) is 22.1. The zero-order valence-corrected chi connectivity index (χ0v) is 15.6. The Morgan fingerprint density at radius 2 is 1.60 bits per heavy atom. The first-order valence-electron chi connectivity index (χ1n) is 8.39. The molecule has 3 aromatic rings. The molecule has 0 atom stereocenters. The first-order chi connectivity index (χ1) is 14.1. The summed E-state index contributed by atoms with van der Waals surface area (Å²) in [4.78, 5) is 27.8. The maximum atomic E-state index is 13.8. The van der Waals surface area contributed by atoms with Gasteiger partial charge in [-0.2, -0.15) is 13.2 Å². The number of alkyl halides is 5. The first kappa shape index (κ1) is 21.6. The van der Waals surface area contributed by atoms with Crippen molar-refractivity contribution in [1.29, 1.82) is 0 Å². The summed E-state index contributed by atoms with van der Waals surface area (Å²) in [6, 6.07) is 12.0. The summed E-state index contributed by atoms with van der Waals surface area (Å²) in [6.07, 6.45) is -8.71. The molecule has 1 aromatic heterocycles. The van der Waals surface area contributed by atoms with E-state index in [0.717, 1.165) is 0 Å². The number of carbonyl (C=O) groups is 2. The smallest absolute Gasteiger partial charge is 0.298 e. The van der Waals surface area contributed by atoms with Crippen molar-refractivity contribution in [2.75, 3.05) is 0 Å². The molecule has 3 rings (SSSR count). The second-order valence-corrected chi connectivity index (χ2v) is 6.56. The van der Waals surface area contributed by atoms with E-state index in [-0.39, 0.29) is 22.4 Å². The highest BCUT2D eigenvalue weighted by atomic mass is 35.5. The van der Waals surface area contributed by atoms with E-state index in [1.807, 2.05) is 0 Å². The number of aromatic nitrogens is 1. The van der Waals surface area contributed by atoms with Gasteiger partial charge >= 0.3 is 6.18 Å². The Labute approximate surface area is 172 Å². The molecule has 2 aromatic carbocycles. The largest absolute Gasteiger partial charge is 0.434 e. The highest BCUT2D eigenvalue weighted by Crippen LogP contribution is 2.41. The molecule has 9 heteroatoms. The summed E-state index contributed by atoms with van der Waals surface area (Å²) in [5.74, 6) is -1.13. The van der Waals surface area contributed by atoms with Crippen LogP contribution in [0.3, 0.4) is 0 Å². The molecule has 154 valence electrons. The highest BCUT2D eigenvalue weighted by Gasteiger charge is 2.41. The normalized spacial score (nSPS) is 11.6. The number of hydrogen-bond donors (Lipinski definition) is 0. The number of pyridine rings is 1. The van der Waals surface area contributed by atoms with Gasteiger partial charge in [-0.25, -0.2) is 13.8 Å². The maximum absolute atomic E-state index is 13.8. The molecule has 0 spiro atoms. The van der Waals surface area contributed by atoms with E-state index in [0.29, 0.717) is 0 Å². The molecule has 0 saturated carbocycles. The Balaban J connectivity index is 2.47. The zero-order valence-electron chi connectivity index (χ0n) is 14.9. The number of rotatable bonds is 5. The van der Waals surface area contributed by atoms with Gasteiger partial charge in [0.2, 0.25) is 0 Å². The lowest BCUT2D eigenvalue weighted by Crippen LogP contribution is -2.21. The monoisotopic (exact) mass is 439 g/mol. The predicted molar refractivity (Wildman–Crippen MR) is 99.9 cm³/mol. The molecule has 30 heavy (non-hydrogen) atoms. The number of aldehydes is 1. The lowest BCUT2D eigenvalue weighted by Gasteiger charge is -2.20. The van der Waals surface area contributed by atoms with Crippen LogP contribution in [0.4, 0.5) is 22.0 Å². The lowest BCUT2D eigenvalue weighted by molar-refractivity contribution is -0.141. The fourth-order valence-electron chi connectivity index (χ4n) is 2.98. The molecule has 3 nitrogen and oxygen atoms in total. The third-order valence-electron chi connectivity index (χ3n) is 4.25. The van der Waals surface area contributed by atoms with E-state index in [9.17, 15) is 31.5 Å². The van der Waals surface area contributed by atoms with Crippen LogP contribution in [-0.2, 0) is 6.18 Å². The predicted octanol–water partition coefficient (Wildman–Crippen LogP) is 6.40. The molecule has 0 amide bonds. The van der Waals surface area contributed by atoms with Gasteiger partial charge in [-0.15, -0.1) is 0 Å². The van der Waals surface area contributed by atoms with Crippen LogP contribution < -0.4 is 0 Å². The van der Waals surface area contributed by atoms with Gasteiger partial charge in [0.05, 0.1) is 11.1 Å². The van der Waals surface area contributed by atoms with Crippen LogP contribution in [0.15, 0.2) is 54.6 Å². The number of halogens is 6. The van der Waals surface area contributed by atoms with E-state index in [1.54, 1.807) is 6.07 Å². The van der Waals surface area contributed by atoms with Gasteiger partial charge in [-0.05, 0) is 29.8 Å². The van der Waals surface area contributed by atoms with Crippen molar-refractivity contribution in [3.8, 4) is 11.1 Å². The van der Waals surface area contributed by atoms with Crippen molar-refractivity contribution < 1.29 is 31.5 Å². The van der Waals surface area contributed by atoms with Crippen molar-refractivity contribution in [3.05, 3.63) is 87.7 Å². The van der Waals surface area contributed by atoms with Crippen LogP contribution in [0, 0.1) is 0 Å². The van der Waals surface area contributed by atoms with Crippen LogP contribution in [0.2, 0.25) is 5.02 Å². The average Bonchev–Trinajstić information content (AvgIpc) is 2.72. The Morgan fingerprint density at radius 3 is 2.10 bits per heavy atom. The van der Waals surface area contributed by atoms with Crippen molar-refractivity contribution in [3.63, 3.8) is 0 Å². The minimum Gasteiger partial charge on any atom is -0.298 e. The van der Waals surface area contributed by atoms with E-state index >= 15 is 0 Å². The molecule has 0 unspecified atom stereocenters. The molecule has 0 aliphatic rings. The van der Waals surface area contributed by atoms with E-state index < -0.39 is 46.5 Å². The van der Waals surface area contributed by atoms with Crippen molar-refractivity contribution in [2.24, 2.45) is 0 Å². The fraction of sp³-hybridized carbons (Fsp3) is 0.0952. The van der Waals surface area contributed by atoms with Gasteiger partial charge in [0.1, 0.15) is 5.69 Å². The molecule has 0 radical (unpaired) electrons. The van der Waals surface area contributed by atoms with Crippen molar-refractivity contribution in [2.45, 2.75) is 12.6 Å². The second kappa shape index (κ2) is 8.31. The van der Waals surface area contributed by atoms with Crippen LogP contribution in [0.25, 0.3) is 11.1 Å². The van der Waals surface area contributed by atoms with Crippen molar-refractivity contribution in [1.82, 2.24) is 4.98 Å². The summed E-state index contributed by atoms with van der Waals surface area (Å²) in [5.41, 5.74) is -5.63. The van der Waals surface area contributed by atoms with Crippen LogP contribution >= 0.6 is 11.6 Å². The van der Waals surface area contributed by atoms with Crippen LogP contribution in [-0.4, -0.2) is 17.1 Å². The molecule has 1 heterocycles. The Bertz CT molecular complexity index is 1100. The molecule has 0 N–H and O–H groups in total. The van der Waals surface area contributed by atoms with Gasteiger partial charge in [0.25, 0.3) is 6.43 Å². The molecular formula is C21H11ClF5NO2. The standard InChI is InChI=1S/C21H11ClF5NO2/c22-13-8-6-12(7-9-13)18(30)16-15(11-4-2-1-3-5-11)14(10-29)17(20(23)24)28-19(16)21(25,26)27/h1-10,20H. The van der Waals surface area contributed by atoms with Gasteiger partial charge in [0.15, 0.2) is 17.8 Å². The quantitative estimate of drug-likeness (QED) is 0.262. The number of ketones is 1. The average molecular weight is 440 g/mol. The van der Waals surface area contributed by atoms with Crippen LogP contribution in [0.1, 0.15) is 44.1 Å². The molecular weight excluding hydrogens is 429 g/mol. The van der Waals surface area contributed by atoms with E-state index in [1.165, 1.54) is 48.5 Å².